The number of aromatic nitrogens is 4. The van der Waals surface area contributed by atoms with Gasteiger partial charge in [-0.25, -0.2) is 4.98 Å². The van der Waals surface area contributed by atoms with E-state index in [1.165, 1.54) is 29.1 Å². The standard InChI is InChI=1S/C16H23N5OS/c1-2-21-11-18-19-15(21)14-10-20(6-7-22-14)9-13-8-17-16(23-13)12-4-3-5-12/h8,11-12,14H,2-7,9-10H2,1H3. The summed E-state index contributed by atoms with van der Waals surface area (Å²) in [6.07, 6.45) is 7.87. The van der Waals surface area contributed by atoms with E-state index in [9.17, 15) is 0 Å². The van der Waals surface area contributed by atoms with Gasteiger partial charge in [0.2, 0.25) is 0 Å². The average molecular weight is 333 g/mol. The van der Waals surface area contributed by atoms with Crippen molar-refractivity contribution in [2.45, 2.75) is 51.3 Å². The Labute approximate surface area is 140 Å². The number of rotatable bonds is 5. The van der Waals surface area contributed by atoms with E-state index in [2.05, 4.69) is 37.8 Å². The van der Waals surface area contributed by atoms with Crippen molar-refractivity contribution in [3.63, 3.8) is 0 Å². The monoisotopic (exact) mass is 333 g/mol. The first kappa shape index (κ1) is 15.2. The van der Waals surface area contributed by atoms with Crippen LogP contribution >= 0.6 is 11.3 Å². The smallest absolute Gasteiger partial charge is 0.163 e. The molecule has 0 bridgehead atoms. The van der Waals surface area contributed by atoms with Crippen molar-refractivity contribution in [1.29, 1.82) is 0 Å². The van der Waals surface area contributed by atoms with Crippen LogP contribution in [-0.4, -0.2) is 44.3 Å². The van der Waals surface area contributed by atoms with Crippen molar-refractivity contribution in [3.05, 3.63) is 28.2 Å². The van der Waals surface area contributed by atoms with Gasteiger partial charge in [-0.2, -0.15) is 0 Å². The van der Waals surface area contributed by atoms with Crippen molar-refractivity contribution in [2.75, 3.05) is 19.7 Å². The van der Waals surface area contributed by atoms with Gasteiger partial charge in [0.15, 0.2) is 5.82 Å². The molecule has 1 saturated carbocycles. The summed E-state index contributed by atoms with van der Waals surface area (Å²) >= 11 is 1.89. The largest absolute Gasteiger partial charge is 0.368 e. The van der Waals surface area contributed by atoms with Crippen LogP contribution in [0.3, 0.4) is 0 Å². The van der Waals surface area contributed by atoms with Gasteiger partial charge in [0.25, 0.3) is 0 Å². The molecule has 3 heterocycles. The average Bonchev–Trinajstić information content (AvgIpc) is 3.15. The first-order valence-corrected chi connectivity index (χ1v) is 9.31. The third-order valence-electron chi connectivity index (χ3n) is 4.83. The lowest BCUT2D eigenvalue weighted by Crippen LogP contribution is -2.38. The lowest BCUT2D eigenvalue weighted by Gasteiger charge is -2.32. The highest BCUT2D eigenvalue weighted by atomic mass is 32.1. The molecule has 2 aromatic heterocycles. The van der Waals surface area contributed by atoms with Gasteiger partial charge in [0.1, 0.15) is 12.4 Å². The molecule has 6 nitrogen and oxygen atoms in total. The molecule has 1 aliphatic heterocycles. The molecule has 7 heteroatoms. The van der Waals surface area contributed by atoms with Crippen LogP contribution in [0.1, 0.15) is 53.9 Å². The van der Waals surface area contributed by atoms with Gasteiger partial charge in [-0.3, -0.25) is 4.90 Å². The van der Waals surface area contributed by atoms with Gasteiger partial charge < -0.3 is 9.30 Å². The fraction of sp³-hybridized carbons (Fsp3) is 0.688. The number of aryl methyl sites for hydroxylation is 1. The Morgan fingerprint density at radius 1 is 1.39 bits per heavy atom. The van der Waals surface area contributed by atoms with Gasteiger partial charge in [-0.05, 0) is 19.8 Å². The van der Waals surface area contributed by atoms with Crippen LogP contribution in [0, 0.1) is 0 Å². The summed E-state index contributed by atoms with van der Waals surface area (Å²) in [4.78, 5) is 8.44. The molecule has 1 atom stereocenters. The summed E-state index contributed by atoms with van der Waals surface area (Å²) in [6.45, 7) is 6.53. The number of hydrogen-bond donors (Lipinski definition) is 0. The van der Waals surface area contributed by atoms with Gasteiger partial charge in [-0.1, -0.05) is 6.42 Å². The normalized spacial score (nSPS) is 23.1. The second-order valence-corrected chi connectivity index (χ2v) is 7.51. The number of hydrogen-bond acceptors (Lipinski definition) is 6. The minimum Gasteiger partial charge on any atom is -0.368 e. The zero-order chi connectivity index (χ0) is 15.6. The van der Waals surface area contributed by atoms with Crippen molar-refractivity contribution in [3.8, 4) is 0 Å². The summed E-state index contributed by atoms with van der Waals surface area (Å²) in [7, 11) is 0. The Kier molecular flexibility index (Phi) is 4.41. The Morgan fingerprint density at radius 3 is 3.09 bits per heavy atom. The lowest BCUT2D eigenvalue weighted by atomic mass is 9.86. The molecular weight excluding hydrogens is 310 g/mol. The van der Waals surface area contributed by atoms with Crippen LogP contribution in [-0.2, 0) is 17.8 Å². The molecule has 4 rings (SSSR count). The molecule has 2 aromatic rings. The van der Waals surface area contributed by atoms with Gasteiger partial charge in [0, 0.05) is 43.2 Å². The predicted molar refractivity (Wildman–Crippen MR) is 88.4 cm³/mol. The van der Waals surface area contributed by atoms with E-state index in [1.807, 2.05) is 11.3 Å². The van der Waals surface area contributed by atoms with Crippen LogP contribution < -0.4 is 0 Å². The topological polar surface area (TPSA) is 56.1 Å². The first-order valence-electron chi connectivity index (χ1n) is 8.49. The number of thiazole rings is 1. The maximum atomic E-state index is 5.93. The lowest BCUT2D eigenvalue weighted by molar-refractivity contribution is -0.0386. The Morgan fingerprint density at radius 2 is 2.30 bits per heavy atom. The minimum atomic E-state index is 0.0187. The quantitative estimate of drug-likeness (QED) is 0.842. The SMILES string of the molecule is CCn1cnnc1C1CN(Cc2cnc(C3CCC3)s2)CCO1. The second-order valence-electron chi connectivity index (χ2n) is 6.36. The van der Waals surface area contributed by atoms with E-state index in [-0.39, 0.29) is 6.10 Å². The van der Waals surface area contributed by atoms with E-state index in [0.717, 1.165) is 44.5 Å². The minimum absolute atomic E-state index is 0.0187. The van der Waals surface area contributed by atoms with Crippen molar-refractivity contribution >= 4 is 11.3 Å². The summed E-state index contributed by atoms with van der Waals surface area (Å²) in [6, 6.07) is 0. The van der Waals surface area contributed by atoms with Crippen molar-refractivity contribution in [2.24, 2.45) is 0 Å². The van der Waals surface area contributed by atoms with Crippen LogP contribution in [0.25, 0.3) is 0 Å². The van der Waals surface area contributed by atoms with E-state index in [1.54, 1.807) is 6.33 Å². The van der Waals surface area contributed by atoms with E-state index in [4.69, 9.17) is 4.74 Å². The van der Waals surface area contributed by atoms with Crippen LogP contribution in [0.2, 0.25) is 0 Å². The zero-order valence-corrected chi connectivity index (χ0v) is 14.3. The Hall–Kier alpha value is -1.31. The molecule has 1 saturated heterocycles. The molecule has 2 aliphatic rings. The van der Waals surface area contributed by atoms with Crippen LogP contribution in [0.15, 0.2) is 12.5 Å². The molecule has 0 amide bonds. The molecule has 0 aromatic carbocycles. The number of ether oxygens (including phenoxy) is 1. The molecule has 23 heavy (non-hydrogen) atoms. The molecule has 0 spiro atoms. The second kappa shape index (κ2) is 6.67. The Bertz CT molecular complexity index is 650. The molecule has 0 radical (unpaired) electrons. The highest BCUT2D eigenvalue weighted by Crippen LogP contribution is 2.38. The fourth-order valence-electron chi connectivity index (χ4n) is 3.22. The molecular formula is C16H23N5OS. The van der Waals surface area contributed by atoms with Gasteiger partial charge >= 0.3 is 0 Å². The highest BCUT2D eigenvalue weighted by Gasteiger charge is 2.27. The summed E-state index contributed by atoms with van der Waals surface area (Å²) in [5.74, 6) is 1.67. The number of morpholine rings is 1. The van der Waals surface area contributed by atoms with Crippen LogP contribution in [0.5, 0.6) is 0 Å². The summed E-state index contributed by atoms with van der Waals surface area (Å²) in [5.41, 5.74) is 0. The Balaban J connectivity index is 1.40. The maximum absolute atomic E-state index is 5.93. The molecule has 1 aliphatic carbocycles. The van der Waals surface area contributed by atoms with E-state index < -0.39 is 0 Å². The number of nitrogens with zero attached hydrogens (tertiary/aromatic N) is 5. The molecule has 2 fully saturated rings. The van der Waals surface area contributed by atoms with Gasteiger partial charge in [-0.15, -0.1) is 21.5 Å². The summed E-state index contributed by atoms with van der Waals surface area (Å²) in [5, 5.41) is 9.61. The van der Waals surface area contributed by atoms with Gasteiger partial charge in [0.05, 0.1) is 11.6 Å². The molecule has 1 unspecified atom stereocenters. The fourth-order valence-corrected chi connectivity index (χ4v) is 4.35. The van der Waals surface area contributed by atoms with E-state index in [0.29, 0.717) is 0 Å². The highest BCUT2D eigenvalue weighted by molar-refractivity contribution is 7.11. The maximum Gasteiger partial charge on any atom is 0.163 e. The third kappa shape index (κ3) is 3.18. The van der Waals surface area contributed by atoms with Crippen LogP contribution in [0.4, 0.5) is 0 Å². The summed E-state index contributed by atoms with van der Waals surface area (Å²) < 4.78 is 7.99. The molecule has 0 N–H and O–H groups in total. The molecule has 124 valence electrons. The van der Waals surface area contributed by atoms with E-state index >= 15 is 0 Å². The van der Waals surface area contributed by atoms with Crippen molar-refractivity contribution in [1.82, 2.24) is 24.6 Å². The zero-order valence-electron chi connectivity index (χ0n) is 13.5. The first-order chi connectivity index (χ1) is 11.3. The van der Waals surface area contributed by atoms with Crippen molar-refractivity contribution < 1.29 is 4.74 Å². The third-order valence-corrected chi connectivity index (χ3v) is 5.97. The predicted octanol–water partition coefficient (Wildman–Crippen LogP) is 2.60.